The first-order chi connectivity index (χ1) is 9.22. The number of benzene rings is 1. The van der Waals surface area contributed by atoms with Crippen LogP contribution >= 0.6 is 11.6 Å². The molecule has 1 rings (SSSR count). The van der Waals surface area contributed by atoms with Crippen LogP contribution in [0.4, 0.5) is 0 Å². The van der Waals surface area contributed by atoms with Crippen LogP contribution in [0.1, 0.15) is 25.0 Å². The lowest BCUT2D eigenvalue weighted by Crippen LogP contribution is -2.44. The van der Waals surface area contributed by atoms with E-state index in [2.05, 4.69) is 5.32 Å². The Bertz CT molecular complexity index is 507. The van der Waals surface area contributed by atoms with Gasteiger partial charge >= 0.3 is 5.97 Å². The molecule has 0 radical (unpaired) electrons. The second-order valence-electron chi connectivity index (χ2n) is 4.70. The molecule has 0 aliphatic heterocycles. The lowest BCUT2D eigenvalue weighted by Gasteiger charge is -2.17. The Morgan fingerprint density at radius 3 is 2.20 bits per heavy atom. The number of rotatable bonds is 5. The lowest BCUT2D eigenvalue weighted by atomic mass is 10.1. The molecule has 0 aromatic heterocycles. The molecule has 0 fully saturated rings. The molecule has 1 aromatic rings. The van der Waals surface area contributed by atoms with Crippen molar-refractivity contribution in [2.24, 2.45) is 0 Å². The van der Waals surface area contributed by atoms with Crippen LogP contribution in [0.15, 0.2) is 12.1 Å². The zero-order valence-corrected chi connectivity index (χ0v) is 12.6. The third-order valence-corrected chi connectivity index (χ3v) is 3.42. The first kappa shape index (κ1) is 16.3. The van der Waals surface area contributed by atoms with Crippen molar-refractivity contribution in [2.75, 3.05) is 0 Å². The van der Waals surface area contributed by atoms with Crippen LogP contribution in [0.3, 0.4) is 0 Å². The molecule has 2 atom stereocenters. The Kier molecular flexibility index (Phi) is 5.39. The summed E-state index contributed by atoms with van der Waals surface area (Å²) in [6, 6.07) is 2.52. The molecule has 110 valence electrons. The van der Waals surface area contributed by atoms with E-state index in [-0.39, 0.29) is 0 Å². The van der Waals surface area contributed by atoms with Gasteiger partial charge in [-0.25, -0.2) is 0 Å². The first-order valence-corrected chi connectivity index (χ1v) is 6.56. The molecule has 5 nitrogen and oxygen atoms in total. The number of carbonyl (C=O) groups excluding carboxylic acids is 1. The van der Waals surface area contributed by atoms with Gasteiger partial charge in [0.15, 0.2) is 6.10 Å². The Hall–Kier alpha value is -1.75. The van der Waals surface area contributed by atoms with Crippen LogP contribution in [-0.2, 0) is 9.59 Å². The van der Waals surface area contributed by atoms with E-state index >= 15 is 0 Å². The predicted molar refractivity (Wildman–Crippen MR) is 76.3 cm³/mol. The summed E-state index contributed by atoms with van der Waals surface area (Å²) >= 11 is 6.05. The monoisotopic (exact) mass is 299 g/mol. The maximum Gasteiger partial charge on any atom is 0.325 e. The third kappa shape index (κ3) is 4.13. The molecule has 6 heteroatoms. The molecule has 0 aliphatic rings. The molecule has 0 spiro atoms. The van der Waals surface area contributed by atoms with Gasteiger partial charge in [-0.1, -0.05) is 11.6 Å². The molecular formula is C14H18ClNO4. The number of carboxylic acids is 1. The number of hydrogen-bond donors (Lipinski definition) is 2. The molecule has 0 saturated heterocycles. The Labute approximate surface area is 122 Å². The molecule has 0 heterocycles. The average Bonchev–Trinajstić information content (AvgIpc) is 2.35. The van der Waals surface area contributed by atoms with Gasteiger partial charge in [-0.3, -0.25) is 9.59 Å². The number of aliphatic carboxylic acids is 1. The average molecular weight is 300 g/mol. The van der Waals surface area contributed by atoms with Gasteiger partial charge in [0.2, 0.25) is 0 Å². The second-order valence-corrected chi connectivity index (χ2v) is 5.08. The largest absolute Gasteiger partial charge is 0.481 e. The minimum absolute atomic E-state index is 0.481. The molecular weight excluding hydrogens is 282 g/mol. The summed E-state index contributed by atoms with van der Waals surface area (Å²) in [4.78, 5) is 22.4. The molecule has 1 aromatic carbocycles. The second kappa shape index (κ2) is 6.61. The quantitative estimate of drug-likeness (QED) is 0.875. The minimum Gasteiger partial charge on any atom is -0.481 e. The van der Waals surface area contributed by atoms with Crippen molar-refractivity contribution in [1.82, 2.24) is 5.32 Å². The van der Waals surface area contributed by atoms with E-state index in [4.69, 9.17) is 21.4 Å². The topological polar surface area (TPSA) is 75.6 Å². The highest BCUT2D eigenvalue weighted by atomic mass is 35.5. The number of nitrogens with one attached hydrogen (secondary N) is 1. The molecule has 20 heavy (non-hydrogen) atoms. The smallest absolute Gasteiger partial charge is 0.325 e. The molecule has 0 bridgehead atoms. The van der Waals surface area contributed by atoms with Gasteiger partial charge in [-0.05, 0) is 51.0 Å². The highest BCUT2D eigenvalue weighted by Gasteiger charge is 2.20. The number of ether oxygens (including phenoxy) is 1. The minimum atomic E-state index is -1.09. The van der Waals surface area contributed by atoms with Crippen molar-refractivity contribution in [3.8, 4) is 5.75 Å². The van der Waals surface area contributed by atoms with Crippen LogP contribution in [0, 0.1) is 13.8 Å². The maximum atomic E-state index is 11.8. The Balaban J connectivity index is 2.73. The summed E-state index contributed by atoms with van der Waals surface area (Å²) in [7, 11) is 0. The SMILES string of the molecule is Cc1cc(OC(C)C(=O)NC(C)C(=O)O)cc(C)c1Cl. The van der Waals surface area contributed by atoms with E-state index in [1.165, 1.54) is 6.92 Å². The van der Waals surface area contributed by atoms with Crippen LogP contribution in [0.5, 0.6) is 5.75 Å². The van der Waals surface area contributed by atoms with E-state index in [1.54, 1.807) is 19.1 Å². The van der Waals surface area contributed by atoms with Crippen molar-refractivity contribution < 1.29 is 19.4 Å². The van der Waals surface area contributed by atoms with Crippen molar-refractivity contribution >= 4 is 23.5 Å². The standard InChI is InChI=1S/C14H18ClNO4/c1-7-5-11(6-8(2)12(7)15)20-10(4)13(17)16-9(3)14(18)19/h5-6,9-10H,1-4H3,(H,16,17)(H,18,19). The molecule has 2 N–H and O–H groups in total. The highest BCUT2D eigenvalue weighted by molar-refractivity contribution is 6.32. The van der Waals surface area contributed by atoms with Crippen LogP contribution < -0.4 is 10.1 Å². The van der Waals surface area contributed by atoms with Crippen LogP contribution in [-0.4, -0.2) is 29.1 Å². The summed E-state index contributed by atoms with van der Waals surface area (Å²) < 4.78 is 5.51. The van der Waals surface area contributed by atoms with E-state index in [0.29, 0.717) is 10.8 Å². The summed E-state index contributed by atoms with van der Waals surface area (Å²) in [5.74, 6) is -1.05. The van der Waals surface area contributed by atoms with Gasteiger partial charge in [0, 0.05) is 5.02 Å². The number of amides is 1. The van der Waals surface area contributed by atoms with Gasteiger partial charge in [0.05, 0.1) is 0 Å². The normalized spacial score (nSPS) is 13.4. The number of carboxylic acid groups (broad SMARTS) is 1. The van der Waals surface area contributed by atoms with Gasteiger partial charge < -0.3 is 15.2 Å². The van der Waals surface area contributed by atoms with Gasteiger partial charge in [-0.15, -0.1) is 0 Å². The van der Waals surface area contributed by atoms with Crippen LogP contribution in [0.25, 0.3) is 0 Å². The predicted octanol–water partition coefficient (Wildman–Crippen LogP) is 2.31. The van der Waals surface area contributed by atoms with Gasteiger partial charge in [0.1, 0.15) is 11.8 Å². The summed E-state index contributed by atoms with van der Waals surface area (Å²) in [6.45, 7) is 6.64. The molecule has 0 aliphatic carbocycles. The van der Waals surface area contributed by atoms with Gasteiger partial charge in [-0.2, -0.15) is 0 Å². The van der Waals surface area contributed by atoms with Crippen molar-refractivity contribution in [2.45, 2.75) is 39.8 Å². The fourth-order valence-electron chi connectivity index (χ4n) is 1.62. The van der Waals surface area contributed by atoms with E-state index in [9.17, 15) is 9.59 Å². The number of aryl methyl sites for hydroxylation is 2. The molecule has 1 amide bonds. The number of carbonyl (C=O) groups is 2. The fraction of sp³-hybridized carbons (Fsp3) is 0.429. The first-order valence-electron chi connectivity index (χ1n) is 6.19. The van der Waals surface area contributed by atoms with E-state index < -0.39 is 24.0 Å². The summed E-state index contributed by atoms with van der Waals surface area (Å²) in [5.41, 5.74) is 1.71. The summed E-state index contributed by atoms with van der Waals surface area (Å²) in [6.07, 6.45) is -0.795. The number of halogens is 1. The summed E-state index contributed by atoms with van der Waals surface area (Å²) in [5, 5.41) is 11.7. The molecule has 2 unspecified atom stereocenters. The Morgan fingerprint density at radius 1 is 1.25 bits per heavy atom. The lowest BCUT2D eigenvalue weighted by molar-refractivity contribution is -0.142. The third-order valence-electron chi connectivity index (χ3n) is 2.82. The van der Waals surface area contributed by atoms with Crippen molar-refractivity contribution in [1.29, 1.82) is 0 Å². The zero-order chi connectivity index (χ0) is 15.4. The highest BCUT2D eigenvalue weighted by Crippen LogP contribution is 2.26. The van der Waals surface area contributed by atoms with E-state index in [0.717, 1.165) is 11.1 Å². The van der Waals surface area contributed by atoms with Crippen LogP contribution in [0.2, 0.25) is 5.02 Å². The van der Waals surface area contributed by atoms with Gasteiger partial charge in [0.25, 0.3) is 5.91 Å². The van der Waals surface area contributed by atoms with Crippen molar-refractivity contribution in [3.63, 3.8) is 0 Å². The number of hydrogen-bond acceptors (Lipinski definition) is 3. The fourth-order valence-corrected chi connectivity index (χ4v) is 1.73. The van der Waals surface area contributed by atoms with E-state index in [1.807, 2.05) is 13.8 Å². The molecule has 0 saturated carbocycles. The zero-order valence-electron chi connectivity index (χ0n) is 11.9. The van der Waals surface area contributed by atoms with Crippen molar-refractivity contribution in [3.05, 3.63) is 28.3 Å². The maximum absolute atomic E-state index is 11.8. The Morgan fingerprint density at radius 2 is 1.75 bits per heavy atom.